The molecule has 0 bridgehead atoms. The summed E-state index contributed by atoms with van der Waals surface area (Å²) >= 11 is 0. The summed E-state index contributed by atoms with van der Waals surface area (Å²) in [6.45, 7) is 4.45. The van der Waals surface area contributed by atoms with Crippen molar-refractivity contribution >= 4 is 11.7 Å². The maximum Gasteiger partial charge on any atom is 0.225 e. The number of nitrogens with one attached hydrogen (secondary N) is 2. The highest BCUT2D eigenvalue weighted by atomic mass is 16.1. The van der Waals surface area contributed by atoms with Crippen LogP contribution in [0.3, 0.4) is 0 Å². The number of aromatic nitrogens is 3. The molecule has 0 aliphatic heterocycles. The Balaban J connectivity index is 1.26. The summed E-state index contributed by atoms with van der Waals surface area (Å²) in [6.07, 6.45) is 10.0. The highest BCUT2D eigenvalue weighted by molar-refractivity contribution is 5.89. The summed E-state index contributed by atoms with van der Waals surface area (Å²) in [5, 5.41) is 10.9. The molecule has 2 aromatic heterocycles. The van der Waals surface area contributed by atoms with Crippen LogP contribution in [-0.2, 0) is 16.6 Å². The molecule has 5 heteroatoms. The number of nitrogens with zero attached hydrogens (tertiary/aromatic N) is 2. The Labute approximate surface area is 195 Å². The fraction of sp³-hybridized carbons (Fsp3) is 0.464. The summed E-state index contributed by atoms with van der Waals surface area (Å²) in [7, 11) is 0. The standard InChI is InChI=1S/C28H32N4O/c1-17-12-14-29-24(15-17)31-25(33)10-9-22-23-16-30-32-27(23)28(2)13-11-20-19-6-4-3-5-18(19)7-8-21(20)26(22)28/h3-6,12,14-16,20-22,26H,7-11,13H2,1-2H3,(H,30,32)(H,29,31,33)/t20?,21?,22-,26?,28+/m1/s1. The molecule has 1 aromatic carbocycles. The second-order valence-corrected chi connectivity index (χ2v) is 10.6. The first-order valence-electron chi connectivity index (χ1n) is 12.4. The van der Waals surface area contributed by atoms with E-state index in [4.69, 9.17) is 5.10 Å². The fourth-order valence-electron chi connectivity index (χ4n) is 7.45. The van der Waals surface area contributed by atoms with Gasteiger partial charge in [-0.3, -0.25) is 9.89 Å². The Kier molecular flexibility index (Phi) is 4.89. The van der Waals surface area contributed by atoms with Crippen molar-refractivity contribution < 1.29 is 4.79 Å². The number of fused-ring (bicyclic) bond motifs is 7. The van der Waals surface area contributed by atoms with Crippen molar-refractivity contribution in [1.82, 2.24) is 15.2 Å². The fourth-order valence-corrected chi connectivity index (χ4v) is 7.45. The van der Waals surface area contributed by atoms with Crippen molar-refractivity contribution in [2.75, 3.05) is 5.32 Å². The molecule has 1 saturated carbocycles. The van der Waals surface area contributed by atoms with E-state index in [0.717, 1.165) is 12.0 Å². The number of pyridine rings is 1. The minimum atomic E-state index is 0.0492. The highest BCUT2D eigenvalue weighted by Gasteiger charge is 2.58. The lowest BCUT2D eigenvalue weighted by molar-refractivity contribution is -0.116. The van der Waals surface area contributed by atoms with E-state index in [-0.39, 0.29) is 11.3 Å². The predicted molar refractivity (Wildman–Crippen MR) is 129 cm³/mol. The number of aryl methyl sites for hydroxylation is 2. The molecule has 33 heavy (non-hydrogen) atoms. The lowest BCUT2D eigenvalue weighted by Gasteiger charge is -2.50. The second-order valence-electron chi connectivity index (χ2n) is 10.6. The molecule has 2 N–H and O–H groups in total. The zero-order valence-corrected chi connectivity index (χ0v) is 19.5. The van der Waals surface area contributed by atoms with E-state index >= 15 is 0 Å². The zero-order valence-electron chi connectivity index (χ0n) is 19.5. The number of aromatic amines is 1. The summed E-state index contributed by atoms with van der Waals surface area (Å²) < 4.78 is 0. The number of benzene rings is 1. The third kappa shape index (κ3) is 3.32. The van der Waals surface area contributed by atoms with Crippen LogP contribution in [-0.4, -0.2) is 21.1 Å². The van der Waals surface area contributed by atoms with E-state index in [0.29, 0.717) is 35.9 Å². The molecule has 1 fully saturated rings. The summed E-state index contributed by atoms with van der Waals surface area (Å²) in [6, 6.07) is 12.9. The van der Waals surface area contributed by atoms with Crippen molar-refractivity contribution in [2.24, 2.45) is 11.8 Å². The zero-order chi connectivity index (χ0) is 22.6. The van der Waals surface area contributed by atoms with Gasteiger partial charge in [0.15, 0.2) is 0 Å². The molecule has 5 nitrogen and oxygen atoms in total. The summed E-state index contributed by atoms with van der Waals surface area (Å²) in [4.78, 5) is 17.1. The van der Waals surface area contributed by atoms with E-state index < -0.39 is 0 Å². The molecule has 3 aromatic rings. The van der Waals surface area contributed by atoms with Crippen LogP contribution >= 0.6 is 0 Å². The second kappa shape index (κ2) is 7.82. The minimum absolute atomic E-state index is 0.0492. The van der Waals surface area contributed by atoms with E-state index in [1.54, 1.807) is 17.3 Å². The van der Waals surface area contributed by atoms with Crippen LogP contribution in [0.4, 0.5) is 5.82 Å². The monoisotopic (exact) mass is 440 g/mol. The van der Waals surface area contributed by atoms with Gasteiger partial charge in [0.1, 0.15) is 5.82 Å². The van der Waals surface area contributed by atoms with Crippen LogP contribution in [0.2, 0.25) is 0 Å². The number of hydrogen-bond acceptors (Lipinski definition) is 3. The topological polar surface area (TPSA) is 70.7 Å². The molecule has 1 amide bonds. The van der Waals surface area contributed by atoms with Crippen LogP contribution < -0.4 is 5.32 Å². The smallest absolute Gasteiger partial charge is 0.225 e. The Morgan fingerprint density at radius 1 is 1.21 bits per heavy atom. The Morgan fingerprint density at radius 3 is 2.97 bits per heavy atom. The average Bonchev–Trinajstić information content (AvgIpc) is 3.38. The summed E-state index contributed by atoms with van der Waals surface area (Å²) in [5.41, 5.74) is 6.92. The van der Waals surface area contributed by atoms with E-state index in [1.165, 1.54) is 36.9 Å². The number of rotatable bonds is 4. The molecular weight excluding hydrogens is 408 g/mol. The number of hydrogen-bond donors (Lipinski definition) is 2. The number of amides is 1. The van der Waals surface area contributed by atoms with Crippen molar-refractivity contribution in [3.63, 3.8) is 0 Å². The van der Waals surface area contributed by atoms with Crippen molar-refractivity contribution in [3.05, 3.63) is 76.7 Å². The molecule has 3 unspecified atom stereocenters. The third-order valence-corrected chi connectivity index (χ3v) is 8.80. The normalized spacial score (nSPS) is 29.5. The van der Waals surface area contributed by atoms with Gasteiger partial charge >= 0.3 is 0 Å². The maximum absolute atomic E-state index is 12.8. The van der Waals surface area contributed by atoms with Crippen molar-refractivity contribution in [1.29, 1.82) is 0 Å². The highest BCUT2D eigenvalue weighted by Crippen LogP contribution is 2.64. The molecule has 2 heterocycles. The van der Waals surface area contributed by atoms with Crippen LogP contribution in [0.5, 0.6) is 0 Å². The van der Waals surface area contributed by atoms with Gasteiger partial charge in [-0.25, -0.2) is 4.98 Å². The van der Waals surface area contributed by atoms with Gasteiger partial charge in [0.2, 0.25) is 5.91 Å². The number of anilines is 1. The largest absolute Gasteiger partial charge is 0.311 e. The van der Waals surface area contributed by atoms with Gasteiger partial charge in [0.05, 0.1) is 5.69 Å². The lowest BCUT2D eigenvalue weighted by atomic mass is 9.53. The van der Waals surface area contributed by atoms with Crippen molar-refractivity contribution in [3.8, 4) is 0 Å². The lowest BCUT2D eigenvalue weighted by Crippen LogP contribution is -2.44. The van der Waals surface area contributed by atoms with E-state index in [2.05, 4.69) is 52.8 Å². The Morgan fingerprint density at radius 2 is 2.09 bits per heavy atom. The van der Waals surface area contributed by atoms with Gasteiger partial charge in [-0.2, -0.15) is 5.10 Å². The quantitative estimate of drug-likeness (QED) is 0.551. The minimum Gasteiger partial charge on any atom is -0.311 e. The molecule has 0 saturated heterocycles. The number of carbonyl (C=O) groups excluding carboxylic acids is 1. The SMILES string of the molecule is Cc1ccnc(NC(=O)CC[C@@H]2c3c[nH]nc3[C@@]3(C)CCC4c5ccccc5CCC4C23)c1. The predicted octanol–water partition coefficient (Wildman–Crippen LogP) is 5.64. The van der Waals surface area contributed by atoms with Gasteiger partial charge in [0.25, 0.3) is 0 Å². The van der Waals surface area contributed by atoms with Crippen molar-refractivity contribution in [2.45, 2.75) is 69.6 Å². The first kappa shape index (κ1) is 20.6. The van der Waals surface area contributed by atoms with Crippen LogP contribution in [0.15, 0.2) is 48.8 Å². The van der Waals surface area contributed by atoms with Gasteiger partial charge in [-0.15, -0.1) is 0 Å². The summed E-state index contributed by atoms with van der Waals surface area (Å²) in [5.74, 6) is 2.89. The Bertz CT molecular complexity index is 1200. The first-order valence-corrected chi connectivity index (χ1v) is 12.4. The molecule has 0 spiro atoms. The Hall–Kier alpha value is -2.95. The molecule has 3 aliphatic carbocycles. The van der Waals surface area contributed by atoms with Gasteiger partial charge in [-0.05, 0) is 97.1 Å². The van der Waals surface area contributed by atoms with Crippen LogP contribution in [0.1, 0.15) is 78.8 Å². The number of H-pyrrole nitrogens is 1. The first-order chi connectivity index (χ1) is 16.0. The molecule has 3 aliphatic rings. The molecule has 0 radical (unpaired) electrons. The molecular formula is C28H32N4O. The molecule has 5 atom stereocenters. The maximum atomic E-state index is 12.8. The van der Waals surface area contributed by atoms with Gasteiger partial charge in [-0.1, -0.05) is 31.2 Å². The average molecular weight is 441 g/mol. The molecule has 6 rings (SSSR count). The van der Waals surface area contributed by atoms with Crippen LogP contribution in [0, 0.1) is 18.8 Å². The molecule has 170 valence electrons. The van der Waals surface area contributed by atoms with Gasteiger partial charge < -0.3 is 5.32 Å². The van der Waals surface area contributed by atoms with E-state index in [9.17, 15) is 4.79 Å². The third-order valence-electron chi connectivity index (χ3n) is 8.80. The van der Waals surface area contributed by atoms with E-state index in [1.807, 2.05) is 19.1 Å². The van der Waals surface area contributed by atoms with Crippen LogP contribution in [0.25, 0.3) is 0 Å². The van der Waals surface area contributed by atoms with Gasteiger partial charge in [0, 0.05) is 24.2 Å². The number of carbonyl (C=O) groups is 1.